The van der Waals surface area contributed by atoms with Gasteiger partial charge in [0.05, 0.1) is 12.3 Å². The summed E-state index contributed by atoms with van der Waals surface area (Å²) in [5.41, 5.74) is 5.05. The molecule has 0 atom stereocenters. The van der Waals surface area contributed by atoms with Gasteiger partial charge < -0.3 is 10.6 Å². The Kier molecular flexibility index (Phi) is 2.15. The molecule has 0 radical (unpaired) electrons. The minimum absolute atomic E-state index is 0.0682. The van der Waals surface area contributed by atoms with E-state index in [4.69, 9.17) is 5.73 Å². The van der Waals surface area contributed by atoms with Gasteiger partial charge in [0.2, 0.25) is 5.91 Å². The van der Waals surface area contributed by atoms with Crippen molar-refractivity contribution in [1.29, 1.82) is 0 Å². The molecule has 0 bridgehead atoms. The Morgan fingerprint density at radius 2 is 2.18 bits per heavy atom. The van der Waals surface area contributed by atoms with E-state index in [0.29, 0.717) is 6.54 Å². The quantitative estimate of drug-likeness (QED) is 0.511. The van der Waals surface area contributed by atoms with E-state index >= 15 is 0 Å². The lowest BCUT2D eigenvalue weighted by atomic mass is 10.5. The molecule has 1 amide bonds. The normalized spacial score (nSPS) is 22.1. The molecule has 0 aliphatic carbocycles. The number of nitrogens with two attached hydrogens (primary N) is 1. The maximum Gasteiger partial charge on any atom is 0.237 e. The van der Waals surface area contributed by atoms with Crippen LogP contribution in [0.25, 0.3) is 0 Å². The lowest BCUT2D eigenvalue weighted by Crippen LogP contribution is -2.34. The number of rotatable bonds is 1. The number of carbonyl (C=O) groups is 1. The molecule has 1 rings (SSSR count). The number of amides is 1. The summed E-state index contributed by atoms with van der Waals surface area (Å²) in [6.45, 7) is 0.174. The molecule has 2 N–H and O–H groups in total. The SMILES string of the molecule is NCC(=O)N1CCS(=O)(=O)C1. The van der Waals surface area contributed by atoms with Crippen molar-refractivity contribution in [3.8, 4) is 0 Å². The zero-order valence-corrected chi connectivity index (χ0v) is 6.80. The topological polar surface area (TPSA) is 80.5 Å². The molecule has 0 aromatic rings. The van der Waals surface area contributed by atoms with Gasteiger partial charge in [0, 0.05) is 6.54 Å². The second-order valence-electron chi connectivity index (χ2n) is 2.44. The summed E-state index contributed by atoms with van der Waals surface area (Å²) in [7, 11) is -3.00. The van der Waals surface area contributed by atoms with E-state index in [1.165, 1.54) is 4.90 Å². The van der Waals surface area contributed by atoms with E-state index in [1.807, 2.05) is 0 Å². The average molecular weight is 178 g/mol. The molecule has 0 aromatic heterocycles. The van der Waals surface area contributed by atoms with Crippen molar-refractivity contribution >= 4 is 15.7 Å². The summed E-state index contributed by atoms with van der Waals surface area (Å²) in [4.78, 5) is 12.1. The van der Waals surface area contributed by atoms with Gasteiger partial charge in [0.15, 0.2) is 9.84 Å². The second-order valence-corrected chi connectivity index (χ2v) is 4.59. The first kappa shape index (κ1) is 8.48. The highest BCUT2D eigenvalue weighted by Gasteiger charge is 2.27. The summed E-state index contributed by atoms with van der Waals surface area (Å²) in [6.07, 6.45) is 0. The minimum Gasteiger partial charge on any atom is -0.326 e. The highest BCUT2D eigenvalue weighted by atomic mass is 32.2. The molecule has 1 heterocycles. The fraction of sp³-hybridized carbons (Fsp3) is 0.800. The van der Waals surface area contributed by atoms with Gasteiger partial charge in [-0.2, -0.15) is 0 Å². The smallest absolute Gasteiger partial charge is 0.237 e. The minimum atomic E-state index is -3.00. The van der Waals surface area contributed by atoms with E-state index in [2.05, 4.69) is 0 Å². The Morgan fingerprint density at radius 1 is 1.55 bits per heavy atom. The molecule has 11 heavy (non-hydrogen) atoms. The molecule has 5 nitrogen and oxygen atoms in total. The van der Waals surface area contributed by atoms with Crippen LogP contribution in [0, 0.1) is 0 Å². The molecular weight excluding hydrogens is 168 g/mol. The van der Waals surface area contributed by atoms with Crippen molar-refractivity contribution in [2.45, 2.75) is 0 Å². The Balaban J connectivity index is 2.62. The molecule has 1 fully saturated rings. The lowest BCUT2D eigenvalue weighted by molar-refractivity contribution is -0.128. The van der Waals surface area contributed by atoms with Crippen LogP contribution in [0.2, 0.25) is 0 Å². The van der Waals surface area contributed by atoms with Crippen molar-refractivity contribution in [3.63, 3.8) is 0 Å². The summed E-state index contributed by atoms with van der Waals surface area (Å²) in [6, 6.07) is 0. The van der Waals surface area contributed by atoms with Gasteiger partial charge in [-0.25, -0.2) is 8.42 Å². The van der Waals surface area contributed by atoms with Gasteiger partial charge in [-0.3, -0.25) is 4.79 Å². The number of nitrogens with zero attached hydrogens (tertiary/aromatic N) is 1. The monoisotopic (exact) mass is 178 g/mol. The summed E-state index contributed by atoms with van der Waals surface area (Å²) >= 11 is 0. The first-order valence-electron chi connectivity index (χ1n) is 3.23. The third kappa shape index (κ3) is 1.90. The first-order chi connectivity index (χ1) is 5.05. The first-order valence-corrected chi connectivity index (χ1v) is 5.05. The number of hydrogen-bond donors (Lipinski definition) is 1. The zero-order valence-electron chi connectivity index (χ0n) is 5.99. The molecule has 0 spiro atoms. The number of sulfone groups is 1. The maximum absolute atomic E-state index is 10.8. The summed E-state index contributed by atoms with van der Waals surface area (Å²) in [5.74, 6) is -0.395. The van der Waals surface area contributed by atoms with E-state index in [1.54, 1.807) is 0 Å². The van der Waals surface area contributed by atoms with Gasteiger partial charge >= 0.3 is 0 Å². The predicted octanol–water partition coefficient (Wildman–Crippen LogP) is -1.84. The van der Waals surface area contributed by atoms with Gasteiger partial charge in [0.1, 0.15) is 5.88 Å². The van der Waals surface area contributed by atoms with Crippen LogP contribution in [0.4, 0.5) is 0 Å². The van der Waals surface area contributed by atoms with Crippen molar-refractivity contribution in [2.75, 3.05) is 24.7 Å². The number of hydrogen-bond acceptors (Lipinski definition) is 4. The van der Waals surface area contributed by atoms with Crippen LogP contribution in [0.5, 0.6) is 0 Å². The van der Waals surface area contributed by atoms with Crippen LogP contribution < -0.4 is 5.73 Å². The molecule has 0 aromatic carbocycles. The fourth-order valence-corrected chi connectivity index (χ4v) is 2.32. The van der Waals surface area contributed by atoms with Crippen LogP contribution in [0.3, 0.4) is 0 Å². The highest BCUT2D eigenvalue weighted by Crippen LogP contribution is 2.06. The van der Waals surface area contributed by atoms with E-state index in [-0.39, 0.29) is 24.1 Å². The maximum atomic E-state index is 10.8. The molecular formula is C5H10N2O3S. The van der Waals surface area contributed by atoms with Crippen molar-refractivity contribution in [1.82, 2.24) is 4.90 Å². The van der Waals surface area contributed by atoms with Gasteiger partial charge in [-0.05, 0) is 0 Å². The highest BCUT2D eigenvalue weighted by molar-refractivity contribution is 7.91. The van der Waals surface area contributed by atoms with E-state index in [0.717, 1.165) is 0 Å². The fourth-order valence-electron chi connectivity index (χ4n) is 0.942. The molecule has 1 aliphatic rings. The van der Waals surface area contributed by atoms with E-state index in [9.17, 15) is 13.2 Å². The molecule has 1 saturated heterocycles. The Morgan fingerprint density at radius 3 is 2.55 bits per heavy atom. The summed E-state index contributed by atoms with van der Waals surface area (Å²) in [5, 5.41) is 0. The van der Waals surface area contributed by atoms with Gasteiger partial charge in [-0.1, -0.05) is 0 Å². The molecule has 6 heteroatoms. The molecule has 0 saturated carbocycles. The largest absolute Gasteiger partial charge is 0.326 e. The standard InChI is InChI=1S/C5H10N2O3S/c6-3-5(8)7-1-2-11(9,10)4-7/h1-4,6H2. The van der Waals surface area contributed by atoms with Gasteiger partial charge in [0.25, 0.3) is 0 Å². The van der Waals surface area contributed by atoms with Crippen LogP contribution in [0.1, 0.15) is 0 Å². The third-order valence-electron chi connectivity index (χ3n) is 1.55. The van der Waals surface area contributed by atoms with E-state index < -0.39 is 9.84 Å². The zero-order chi connectivity index (χ0) is 8.48. The molecule has 0 unspecified atom stereocenters. The second kappa shape index (κ2) is 2.78. The van der Waals surface area contributed by atoms with Crippen LogP contribution >= 0.6 is 0 Å². The predicted molar refractivity (Wildman–Crippen MR) is 39.4 cm³/mol. The van der Waals surface area contributed by atoms with Crippen molar-refractivity contribution in [3.05, 3.63) is 0 Å². The molecule has 64 valence electrons. The van der Waals surface area contributed by atoms with Crippen LogP contribution in [-0.2, 0) is 14.6 Å². The summed E-state index contributed by atoms with van der Waals surface area (Å²) < 4.78 is 21.7. The van der Waals surface area contributed by atoms with Crippen molar-refractivity contribution < 1.29 is 13.2 Å². The Labute approximate surface area is 65.1 Å². The molecule has 1 aliphatic heterocycles. The van der Waals surface area contributed by atoms with Crippen LogP contribution in [-0.4, -0.2) is 43.9 Å². The number of carbonyl (C=O) groups excluding carboxylic acids is 1. The lowest BCUT2D eigenvalue weighted by Gasteiger charge is -2.10. The average Bonchev–Trinajstić information content (AvgIpc) is 2.29. The van der Waals surface area contributed by atoms with Crippen molar-refractivity contribution in [2.24, 2.45) is 5.73 Å². The van der Waals surface area contributed by atoms with Gasteiger partial charge in [-0.15, -0.1) is 0 Å². The Bertz CT molecular complexity index is 259. The third-order valence-corrected chi connectivity index (χ3v) is 3.06. The Hall–Kier alpha value is -0.620. The van der Waals surface area contributed by atoms with Crippen LogP contribution in [0.15, 0.2) is 0 Å².